The molecule has 2 aliphatic carbocycles. The fourth-order valence-corrected chi connectivity index (χ4v) is 10.9. The fraction of sp³-hybridized carbons (Fsp3) is 0.324. The Labute approximate surface area is 257 Å². The Morgan fingerprint density at radius 3 is 2.37 bits per heavy atom. The van der Waals surface area contributed by atoms with Crippen molar-refractivity contribution in [2.45, 2.75) is 36.1 Å². The molecule has 1 saturated heterocycles. The van der Waals surface area contributed by atoms with Crippen LogP contribution in [-0.2, 0) is 16.2 Å². The number of thiazole rings is 1. The Hall–Kier alpha value is -3.82. The number of methoxy groups -OCH3 is 1. The van der Waals surface area contributed by atoms with Crippen molar-refractivity contribution in [2.24, 2.45) is 29.6 Å². The first-order chi connectivity index (χ1) is 20.9. The number of amides is 2. The van der Waals surface area contributed by atoms with Crippen LogP contribution in [0.2, 0.25) is 0 Å². The highest BCUT2D eigenvalue weighted by Gasteiger charge is 2.69. The van der Waals surface area contributed by atoms with Gasteiger partial charge in [0.15, 0.2) is 0 Å². The summed E-state index contributed by atoms with van der Waals surface area (Å²) in [5.74, 6) is 0.657. The van der Waals surface area contributed by atoms with E-state index in [0.717, 1.165) is 33.2 Å². The lowest BCUT2D eigenvalue weighted by atomic mass is 9.68. The van der Waals surface area contributed by atoms with Gasteiger partial charge in [-0.3, -0.25) is 19.3 Å². The highest BCUT2D eigenvalue weighted by atomic mass is 32.2. The lowest BCUT2D eigenvalue weighted by molar-refractivity contribution is -0.123. The van der Waals surface area contributed by atoms with Gasteiger partial charge in [0.25, 0.3) is 0 Å². The molecular weight excluding hydrogens is 581 g/mol. The van der Waals surface area contributed by atoms with E-state index in [0.29, 0.717) is 18.0 Å². The summed E-state index contributed by atoms with van der Waals surface area (Å²) in [7, 11) is 1.59. The number of hydrogen-bond donors (Lipinski definition) is 1. The van der Waals surface area contributed by atoms with Crippen molar-refractivity contribution >= 4 is 40.6 Å². The number of aryl methyl sites for hydroxylation is 1. The number of carbonyl (C=O) groups is 2. The lowest BCUT2D eigenvalue weighted by Crippen LogP contribution is -2.42. The summed E-state index contributed by atoms with van der Waals surface area (Å²) in [5.41, 5.74) is 3.91. The minimum Gasteiger partial charge on any atom is -0.497 e. The van der Waals surface area contributed by atoms with Crippen LogP contribution in [0.4, 0.5) is 5.69 Å². The molecule has 2 saturated carbocycles. The molecule has 7 atom stereocenters. The second-order valence-electron chi connectivity index (χ2n) is 12.0. The number of para-hydroxylation sites is 1. The van der Waals surface area contributed by atoms with Gasteiger partial charge in [-0.25, -0.2) is 0 Å². The van der Waals surface area contributed by atoms with E-state index in [4.69, 9.17) is 9.47 Å². The van der Waals surface area contributed by atoms with E-state index in [-0.39, 0.29) is 57.4 Å². The number of carbonyl (C=O) groups excluding carboxylic acids is 2. The first-order valence-electron chi connectivity index (χ1n) is 14.6. The Morgan fingerprint density at radius 2 is 1.63 bits per heavy atom. The van der Waals surface area contributed by atoms with E-state index in [1.165, 1.54) is 21.8 Å². The van der Waals surface area contributed by atoms with Crippen LogP contribution in [0.3, 0.4) is 0 Å². The molecule has 1 N–H and O–H groups in total. The van der Waals surface area contributed by atoms with Crippen LogP contribution in [-0.4, -0.2) is 29.2 Å². The maximum absolute atomic E-state index is 14.0. The molecule has 3 aromatic carbocycles. The van der Waals surface area contributed by atoms with Crippen molar-refractivity contribution in [3.63, 3.8) is 0 Å². The maximum Gasteiger partial charge on any atom is 0.305 e. The summed E-state index contributed by atoms with van der Waals surface area (Å²) in [5, 5.41) is 1.01. The molecule has 3 heterocycles. The standard InChI is InChI=1S/C34H30N2O5S2/c1-17-7-9-18(10-8-17)16-41-24-6-4-3-5-21(24)25-26-22-15-23(29(26)42-31-30(25)43-34(39)35-31)28-27(22)32(37)36(33(28)38)19-11-13-20(40-2)14-12-19/h3-14,22-23,25-29H,15-16H2,1-2H3,(H,35,39)/t22?,23?,25-,26?,27?,28?,29?/m1/s1. The first kappa shape index (κ1) is 26.8. The monoisotopic (exact) mass is 610 g/mol. The average molecular weight is 611 g/mol. The molecule has 2 amide bonds. The van der Waals surface area contributed by atoms with E-state index in [2.05, 4.69) is 42.2 Å². The zero-order valence-corrected chi connectivity index (χ0v) is 25.3. The van der Waals surface area contributed by atoms with Crippen LogP contribution < -0.4 is 19.2 Å². The van der Waals surface area contributed by atoms with E-state index < -0.39 is 0 Å². The summed E-state index contributed by atoms with van der Waals surface area (Å²) in [6.07, 6.45) is 0.841. The zero-order chi connectivity index (χ0) is 29.4. The van der Waals surface area contributed by atoms with Gasteiger partial charge in [-0.15, -0.1) is 11.8 Å². The number of imide groups is 1. The second kappa shape index (κ2) is 10.1. The lowest BCUT2D eigenvalue weighted by Gasteiger charge is -2.43. The van der Waals surface area contributed by atoms with E-state index >= 15 is 0 Å². The van der Waals surface area contributed by atoms with Crippen molar-refractivity contribution < 1.29 is 19.1 Å². The molecule has 6 unspecified atom stereocenters. The number of H-pyrrole nitrogens is 1. The molecule has 8 rings (SSSR count). The molecular formula is C34H30N2O5S2. The molecule has 0 spiro atoms. The number of fused-ring (bicyclic) bond motifs is 9. The summed E-state index contributed by atoms with van der Waals surface area (Å²) < 4.78 is 11.7. The molecule has 43 heavy (non-hydrogen) atoms. The molecule has 1 aromatic heterocycles. The second-order valence-corrected chi connectivity index (χ2v) is 14.2. The molecule has 3 fully saturated rings. The number of aromatic nitrogens is 1. The molecule has 218 valence electrons. The third-order valence-electron chi connectivity index (χ3n) is 9.82. The highest BCUT2D eigenvalue weighted by Crippen LogP contribution is 2.69. The fourth-order valence-electron chi connectivity index (χ4n) is 8.07. The van der Waals surface area contributed by atoms with Crippen molar-refractivity contribution in [1.29, 1.82) is 0 Å². The van der Waals surface area contributed by atoms with Crippen molar-refractivity contribution in [3.8, 4) is 11.5 Å². The topological polar surface area (TPSA) is 88.7 Å². The Morgan fingerprint density at radius 1 is 0.907 bits per heavy atom. The van der Waals surface area contributed by atoms with E-state index in [9.17, 15) is 14.4 Å². The minimum absolute atomic E-state index is 0.0349. The summed E-state index contributed by atoms with van der Waals surface area (Å²) in [6.45, 7) is 2.50. The maximum atomic E-state index is 14.0. The third-order valence-corrected chi connectivity index (χ3v) is 12.4. The van der Waals surface area contributed by atoms with Gasteiger partial charge in [-0.05, 0) is 67.0 Å². The SMILES string of the molecule is COc1ccc(N2C(=O)C3C4CC(C3C2=O)C2C4Sc3[nH]c(=O)sc3[C@@H]2c2ccccc2OCc2ccc(C)cc2)cc1. The number of nitrogens with one attached hydrogen (secondary N) is 1. The molecule has 7 nitrogen and oxygen atoms in total. The van der Waals surface area contributed by atoms with Crippen LogP contribution in [0.5, 0.6) is 11.5 Å². The Balaban J connectivity index is 1.17. The minimum atomic E-state index is -0.359. The van der Waals surface area contributed by atoms with Gasteiger partial charge < -0.3 is 14.5 Å². The van der Waals surface area contributed by atoms with Crippen LogP contribution in [0.15, 0.2) is 82.6 Å². The number of nitrogens with zero attached hydrogens (tertiary/aromatic N) is 1. The molecule has 2 bridgehead atoms. The normalized spacial score (nSPS) is 28.5. The smallest absolute Gasteiger partial charge is 0.305 e. The van der Waals surface area contributed by atoms with E-state index in [1.54, 1.807) is 43.1 Å². The van der Waals surface area contributed by atoms with Crippen LogP contribution in [0.25, 0.3) is 0 Å². The van der Waals surface area contributed by atoms with Crippen molar-refractivity contribution in [2.75, 3.05) is 12.0 Å². The van der Waals surface area contributed by atoms with Gasteiger partial charge in [0.05, 0.1) is 29.7 Å². The van der Waals surface area contributed by atoms with Gasteiger partial charge in [-0.1, -0.05) is 59.4 Å². The zero-order valence-electron chi connectivity index (χ0n) is 23.7. The van der Waals surface area contributed by atoms with Crippen molar-refractivity contribution in [1.82, 2.24) is 4.98 Å². The molecule has 4 aliphatic rings. The first-order valence-corrected chi connectivity index (χ1v) is 16.3. The molecule has 9 heteroatoms. The van der Waals surface area contributed by atoms with Gasteiger partial charge in [0.2, 0.25) is 11.8 Å². The number of ether oxygens (including phenoxy) is 2. The number of rotatable bonds is 6. The predicted octanol–water partition coefficient (Wildman–Crippen LogP) is 6.01. The molecule has 0 radical (unpaired) electrons. The summed E-state index contributed by atoms with van der Waals surface area (Å²) in [4.78, 5) is 46.1. The quantitative estimate of drug-likeness (QED) is 0.269. The average Bonchev–Trinajstić information content (AvgIpc) is 3.76. The Bertz CT molecular complexity index is 1800. The Kier molecular flexibility index (Phi) is 6.31. The largest absolute Gasteiger partial charge is 0.497 e. The summed E-state index contributed by atoms with van der Waals surface area (Å²) >= 11 is 2.96. The number of thioether (sulfide) groups is 1. The number of anilines is 1. The number of hydrogen-bond acceptors (Lipinski definition) is 7. The third kappa shape index (κ3) is 4.12. The van der Waals surface area contributed by atoms with E-state index in [1.807, 2.05) is 18.2 Å². The van der Waals surface area contributed by atoms with Gasteiger partial charge in [0, 0.05) is 21.6 Å². The van der Waals surface area contributed by atoms with Crippen LogP contribution in [0.1, 0.15) is 33.9 Å². The van der Waals surface area contributed by atoms with Crippen LogP contribution in [0, 0.1) is 36.5 Å². The highest BCUT2D eigenvalue weighted by molar-refractivity contribution is 8.00. The summed E-state index contributed by atoms with van der Waals surface area (Å²) in [6, 6.07) is 23.6. The van der Waals surface area contributed by atoms with Crippen molar-refractivity contribution in [3.05, 3.63) is 104 Å². The number of benzene rings is 3. The van der Waals surface area contributed by atoms with Gasteiger partial charge in [-0.2, -0.15) is 0 Å². The predicted molar refractivity (Wildman–Crippen MR) is 166 cm³/mol. The number of aromatic amines is 1. The molecule has 4 aromatic rings. The van der Waals surface area contributed by atoms with Gasteiger partial charge >= 0.3 is 4.87 Å². The van der Waals surface area contributed by atoms with Gasteiger partial charge in [0.1, 0.15) is 18.1 Å². The van der Waals surface area contributed by atoms with Crippen LogP contribution >= 0.6 is 23.1 Å². The molecule has 2 aliphatic heterocycles.